The first-order valence-electron chi connectivity index (χ1n) is 5.94. The van der Waals surface area contributed by atoms with Gasteiger partial charge in [0.05, 0.1) is 0 Å². The fraction of sp³-hybridized carbons (Fsp3) is 0.462. The summed E-state index contributed by atoms with van der Waals surface area (Å²) in [5, 5.41) is 13.3. The lowest BCUT2D eigenvalue weighted by Crippen LogP contribution is -2.53. The molecular formula is C13H19ClN2O2. The van der Waals surface area contributed by atoms with Crippen LogP contribution in [0.25, 0.3) is 0 Å². The molecule has 0 radical (unpaired) electrons. The molecule has 2 unspecified atom stereocenters. The van der Waals surface area contributed by atoms with Crippen LogP contribution in [0.2, 0.25) is 0 Å². The Morgan fingerprint density at radius 1 is 1.44 bits per heavy atom. The predicted octanol–water partition coefficient (Wildman–Crippen LogP) is 0.962. The Morgan fingerprint density at radius 3 is 2.72 bits per heavy atom. The molecule has 1 aliphatic rings. The summed E-state index contributed by atoms with van der Waals surface area (Å²) in [6.07, 6.45) is -1.04. The van der Waals surface area contributed by atoms with Crippen molar-refractivity contribution in [2.75, 3.05) is 19.6 Å². The average Bonchev–Trinajstić information content (AvgIpc) is 2.39. The van der Waals surface area contributed by atoms with Crippen LogP contribution in [-0.4, -0.2) is 41.6 Å². The smallest absolute Gasteiger partial charge is 0.256 e. The molecule has 1 saturated heterocycles. The van der Waals surface area contributed by atoms with Gasteiger partial charge in [-0.1, -0.05) is 30.3 Å². The normalized spacial score (nSPS) is 21.0. The van der Waals surface area contributed by atoms with Gasteiger partial charge in [0.1, 0.15) is 0 Å². The number of halogens is 1. The van der Waals surface area contributed by atoms with Gasteiger partial charge in [0.15, 0.2) is 6.10 Å². The van der Waals surface area contributed by atoms with Gasteiger partial charge in [-0.2, -0.15) is 0 Å². The number of amides is 1. The molecule has 0 aliphatic carbocycles. The van der Waals surface area contributed by atoms with Crippen LogP contribution in [0, 0.1) is 0 Å². The van der Waals surface area contributed by atoms with E-state index < -0.39 is 6.10 Å². The molecule has 0 bridgehead atoms. The van der Waals surface area contributed by atoms with E-state index in [1.807, 2.05) is 25.1 Å². The van der Waals surface area contributed by atoms with E-state index in [0.29, 0.717) is 12.1 Å². The van der Waals surface area contributed by atoms with Gasteiger partial charge in [0.2, 0.25) is 0 Å². The average molecular weight is 271 g/mol. The summed E-state index contributed by atoms with van der Waals surface area (Å²) in [6, 6.07) is 9.20. The van der Waals surface area contributed by atoms with Crippen molar-refractivity contribution < 1.29 is 9.90 Å². The molecule has 1 aromatic carbocycles. The van der Waals surface area contributed by atoms with Gasteiger partial charge >= 0.3 is 0 Å². The number of aliphatic hydroxyl groups excluding tert-OH is 1. The van der Waals surface area contributed by atoms with Crippen LogP contribution in [0.1, 0.15) is 18.6 Å². The Labute approximate surface area is 113 Å². The highest BCUT2D eigenvalue weighted by molar-refractivity contribution is 5.85. The molecule has 2 rings (SSSR count). The molecule has 100 valence electrons. The monoisotopic (exact) mass is 270 g/mol. The van der Waals surface area contributed by atoms with Crippen LogP contribution in [0.15, 0.2) is 30.3 Å². The van der Waals surface area contributed by atoms with Crippen LogP contribution in [0.4, 0.5) is 0 Å². The third-order valence-electron chi connectivity index (χ3n) is 3.13. The number of nitrogens with zero attached hydrogens (tertiary/aromatic N) is 1. The zero-order valence-electron chi connectivity index (χ0n) is 10.4. The third kappa shape index (κ3) is 3.22. The van der Waals surface area contributed by atoms with Crippen molar-refractivity contribution in [3.05, 3.63) is 35.9 Å². The molecular weight excluding hydrogens is 252 g/mol. The molecule has 0 aromatic heterocycles. The highest BCUT2D eigenvalue weighted by Gasteiger charge is 2.28. The zero-order chi connectivity index (χ0) is 12.3. The lowest BCUT2D eigenvalue weighted by molar-refractivity contribution is -0.143. The van der Waals surface area contributed by atoms with Crippen molar-refractivity contribution in [1.29, 1.82) is 0 Å². The van der Waals surface area contributed by atoms with Crippen LogP contribution in [0.3, 0.4) is 0 Å². The van der Waals surface area contributed by atoms with Crippen molar-refractivity contribution in [3.8, 4) is 0 Å². The lowest BCUT2D eigenvalue weighted by atomic mass is 10.1. The van der Waals surface area contributed by atoms with Gasteiger partial charge in [0.25, 0.3) is 5.91 Å². The summed E-state index contributed by atoms with van der Waals surface area (Å²) in [7, 11) is 0. The van der Waals surface area contributed by atoms with E-state index in [9.17, 15) is 9.90 Å². The molecule has 0 saturated carbocycles. The molecule has 2 N–H and O–H groups in total. The van der Waals surface area contributed by atoms with E-state index in [-0.39, 0.29) is 24.4 Å². The van der Waals surface area contributed by atoms with Crippen LogP contribution >= 0.6 is 12.4 Å². The highest BCUT2D eigenvalue weighted by atomic mass is 35.5. The van der Waals surface area contributed by atoms with Gasteiger partial charge < -0.3 is 15.3 Å². The molecule has 0 spiro atoms. The molecule has 1 aromatic rings. The summed E-state index contributed by atoms with van der Waals surface area (Å²) < 4.78 is 0. The van der Waals surface area contributed by atoms with Crippen molar-refractivity contribution >= 4 is 18.3 Å². The Kier molecular flexibility index (Phi) is 5.59. The lowest BCUT2D eigenvalue weighted by Gasteiger charge is -2.35. The maximum absolute atomic E-state index is 12.2. The molecule has 5 heteroatoms. The fourth-order valence-electron chi connectivity index (χ4n) is 2.10. The maximum atomic E-state index is 12.2. The standard InChI is InChI=1S/C13H18N2O2.ClH/c1-10-9-14-7-8-15(10)13(17)12(16)11-5-3-2-4-6-11;/h2-6,10,12,14,16H,7-9H2,1H3;1H. The largest absolute Gasteiger partial charge is 0.378 e. The topological polar surface area (TPSA) is 52.6 Å². The van der Waals surface area contributed by atoms with E-state index in [1.165, 1.54) is 0 Å². The predicted molar refractivity (Wildman–Crippen MR) is 72.7 cm³/mol. The number of hydrogen-bond donors (Lipinski definition) is 2. The Balaban J connectivity index is 0.00000162. The summed E-state index contributed by atoms with van der Waals surface area (Å²) in [4.78, 5) is 13.9. The highest BCUT2D eigenvalue weighted by Crippen LogP contribution is 2.17. The first-order chi connectivity index (χ1) is 8.20. The van der Waals surface area contributed by atoms with Gasteiger partial charge in [-0.3, -0.25) is 4.79 Å². The second kappa shape index (κ2) is 6.73. The van der Waals surface area contributed by atoms with Gasteiger partial charge in [-0.15, -0.1) is 12.4 Å². The van der Waals surface area contributed by atoms with E-state index in [0.717, 1.165) is 13.1 Å². The number of piperazine rings is 1. The number of hydrogen-bond acceptors (Lipinski definition) is 3. The van der Waals surface area contributed by atoms with E-state index in [4.69, 9.17) is 0 Å². The number of nitrogens with one attached hydrogen (secondary N) is 1. The van der Waals surface area contributed by atoms with Crippen LogP contribution in [-0.2, 0) is 4.79 Å². The fourth-order valence-corrected chi connectivity index (χ4v) is 2.10. The number of benzene rings is 1. The second-order valence-corrected chi connectivity index (χ2v) is 4.40. The minimum Gasteiger partial charge on any atom is -0.378 e. The number of carbonyl (C=O) groups is 1. The van der Waals surface area contributed by atoms with E-state index in [1.54, 1.807) is 17.0 Å². The SMILES string of the molecule is CC1CNCCN1C(=O)C(O)c1ccccc1.Cl. The summed E-state index contributed by atoms with van der Waals surface area (Å²) in [6.45, 7) is 4.22. The second-order valence-electron chi connectivity index (χ2n) is 4.40. The summed E-state index contributed by atoms with van der Waals surface area (Å²) in [5.41, 5.74) is 0.656. The van der Waals surface area contributed by atoms with Crippen molar-refractivity contribution in [3.63, 3.8) is 0 Å². The van der Waals surface area contributed by atoms with Crippen molar-refractivity contribution in [2.45, 2.75) is 19.1 Å². The number of carbonyl (C=O) groups excluding carboxylic acids is 1. The van der Waals surface area contributed by atoms with Crippen LogP contribution in [0.5, 0.6) is 0 Å². The van der Waals surface area contributed by atoms with Gasteiger partial charge in [0, 0.05) is 25.7 Å². The minimum atomic E-state index is -1.04. The molecule has 1 fully saturated rings. The zero-order valence-corrected chi connectivity index (χ0v) is 11.2. The molecule has 4 nitrogen and oxygen atoms in total. The third-order valence-corrected chi connectivity index (χ3v) is 3.13. The maximum Gasteiger partial charge on any atom is 0.256 e. The Hall–Kier alpha value is -1.10. The van der Waals surface area contributed by atoms with Crippen molar-refractivity contribution in [2.24, 2.45) is 0 Å². The van der Waals surface area contributed by atoms with Gasteiger partial charge in [-0.05, 0) is 12.5 Å². The first kappa shape index (κ1) is 15.0. The summed E-state index contributed by atoms with van der Waals surface area (Å²) in [5.74, 6) is -0.204. The van der Waals surface area contributed by atoms with E-state index in [2.05, 4.69) is 5.32 Å². The van der Waals surface area contributed by atoms with Crippen LogP contribution < -0.4 is 5.32 Å². The molecule has 1 amide bonds. The first-order valence-corrected chi connectivity index (χ1v) is 5.94. The Bertz CT molecular complexity index is 386. The Morgan fingerprint density at radius 2 is 2.11 bits per heavy atom. The van der Waals surface area contributed by atoms with Crippen molar-refractivity contribution in [1.82, 2.24) is 10.2 Å². The molecule has 1 heterocycles. The number of rotatable bonds is 2. The van der Waals surface area contributed by atoms with Gasteiger partial charge in [-0.25, -0.2) is 0 Å². The minimum absolute atomic E-state index is 0. The molecule has 1 aliphatic heterocycles. The molecule has 18 heavy (non-hydrogen) atoms. The molecule has 2 atom stereocenters. The quantitative estimate of drug-likeness (QED) is 0.842. The summed E-state index contributed by atoms with van der Waals surface area (Å²) >= 11 is 0. The number of aliphatic hydroxyl groups is 1. The van der Waals surface area contributed by atoms with E-state index >= 15 is 0 Å².